The Morgan fingerprint density at radius 1 is 1.06 bits per heavy atom. The van der Waals surface area contributed by atoms with Crippen LogP contribution in [-0.2, 0) is 7.05 Å². The number of nitriles is 1. The predicted molar refractivity (Wildman–Crippen MR) is 75.1 cm³/mol. The van der Waals surface area contributed by atoms with Crippen molar-refractivity contribution in [3.63, 3.8) is 0 Å². The molecular weight excluding hydrogens is 220 g/mol. The van der Waals surface area contributed by atoms with Gasteiger partial charge in [-0.3, -0.25) is 0 Å². The molecule has 0 atom stereocenters. The van der Waals surface area contributed by atoms with Crippen LogP contribution in [0.2, 0.25) is 0 Å². The van der Waals surface area contributed by atoms with Crippen molar-refractivity contribution in [3.8, 4) is 6.07 Å². The maximum Gasteiger partial charge on any atom is 0.0912 e. The highest BCUT2D eigenvalue weighted by molar-refractivity contribution is 6.08. The first-order valence-corrected chi connectivity index (χ1v) is 5.84. The van der Waals surface area contributed by atoms with Gasteiger partial charge in [-0.15, -0.1) is 0 Å². The lowest BCUT2D eigenvalue weighted by Crippen LogP contribution is -1.85. The van der Waals surface area contributed by atoms with Crippen LogP contribution in [0.3, 0.4) is 0 Å². The summed E-state index contributed by atoms with van der Waals surface area (Å²) in [4.78, 5) is 0. The fraction of sp³-hybridized carbons (Fsp3) is 0.0625. The van der Waals surface area contributed by atoms with Crippen LogP contribution < -0.4 is 0 Å². The molecule has 0 fully saturated rings. The molecular formula is C16H12N2. The molecule has 0 saturated carbocycles. The van der Waals surface area contributed by atoms with Crippen molar-refractivity contribution in [1.82, 2.24) is 4.57 Å². The summed E-state index contributed by atoms with van der Waals surface area (Å²) in [6.07, 6.45) is 3.34. The normalized spacial score (nSPS) is 11.3. The van der Waals surface area contributed by atoms with E-state index in [-0.39, 0.29) is 0 Å². The van der Waals surface area contributed by atoms with Gasteiger partial charge < -0.3 is 4.57 Å². The molecule has 0 saturated heterocycles. The van der Waals surface area contributed by atoms with Crippen molar-refractivity contribution in [2.45, 2.75) is 0 Å². The van der Waals surface area contributed by atoms with Crippen molar-refractivity contribution in [1.29, 1.82) is 5.26 Å². The first kappa shape index (κ1) is 10.6. The molecule has 2 nitrogen and oxygen atoms in total. The molecule has 0 amide bonds. The number of fused-ring (bicyclic) bond motifs is 3. The van der Waals surface area contributed by atoms with E-state index in [0.29, 0.717) is 0 Å². The zero-order chi connectivity index (χ0) is 12.5. The van der Waals surface area contributed by atoms with Gasteiger partial charge in [0.15, 0.2) is 0 Å². The topological polar surface area (TPSA) is 28.7 Å². The van der Waals surface area contributed by atoms with Gasteiger partial charge in [-0.2, -0.15) is 5.26 Å². The molecule has 3 rings (SSSR count). The first-order valence-electron chi connectivity index (χ1n) is 5.84. The third kappa shape index (κ3) is 1.49. The second-order valence-corrected chi connectivity index (χ2v) is 4.32. The summed E-state index contributed by atoms with van der Waals surface area (Å²) in [6, 6.07) is 16.7. The maximum absolute atomic E-state index is 8.58. The van der Waals surface area contributed by atoms with Gasteiger partial charge in [0.1, 0.15) is 0 Å². The van der Waals surface area contributed by atoms with E-state index in [1.54, 1.807) is 0 Å². The Kier molecular flexibility index (Phi) is 2.39. The van der Waals surface area contributed by atoms with Gasteiger partial charge >= 0.3 is 0 Å². The molecule has 3 aromatic rings. The summed E-state index contributed by atoms with van der Waals surface area (Å²) in [5.74, 6) is 0. The van der Waals surface area contributed by atoms with Gasteiger partial charge in [0.25, 0.3) is 0 Å². The number of benzene rings is 2. The Hall–Kier alpha value is -2.53. The molecule has 0 unspecified atom stereocenters. The van der Waals surface area contributed by atoms with E-state index in [4.69, 9.17) is 5.26 Å². The van der Waals surface area contributed by atoms with E-state index < -0.39 is 0 Å². The molecule has 2 aromatic carbocycles. The predicted octanol–water partition coefficient (Wildman–Crippen LogP) is 3.87. The Morgan fingerprint density at radius 3 is 2.67 bits per heavy atom. The molecule has 0 aliphatic carbocycles. The van der Waals surface area contributed by atoms with Crippen LogP contribution in [0.1, 0.15) is 5.56 Å². The zero-order valence-corrected chi connectivity index (χ0v) is 10.1. The van der Waals surface area contributed by atoms with Crippen molar-refractivity contribution in [2.75, 3.05) is 0 Å². The van der Waals surface area contributed by atoms with Gasteiger partial charge in [-0.05, 0) is 29.8 Å². The summed E-state index contributed by atoms with van der Waals surface area (Å²) in [5.41, 5.74) is 3.50. The van der Waals surface area contributed by atoms with Crippen LogP contribution in [-0.4, -0.2) is 4.57 Å². The molecule has 0 bridgehead atoms. The SMILES string of the molecule is Cn1c2ccccc2c2cc(/C=C/C#N)ccc21. The minimum absolute atomic E-state index is 1.06. The van der Waals surface area contributed by atoms with E-state index >= 15 is 0 Å². The number of hydrogen-bond donors (Lipinski definition) is 0. The Labute approximate surface area is 105 Å². The highest BCUT2D eigenvalue weighted by Crippen LogP contribution is 2.28. The Bertz CT molecular complexity index is 801. The smallest absolute Gasteiger partial charge is 0.0912 e. The van der Waals surface area contributed by atoms with Crippen LogP contribution in [0.15, 0.2) is 48.5 Å². The van der Waals surface area contributed by atoms with Gasteiger partial charge in [0, 0.05) is 34.9 Å². The molecule has 0 N–H and O–H groups in total. The van der Waals surface area contributed by atoms with E-state index in [0.717, 1.165) is 5.56 Å². The van der Waals surface area contributed by atoms with Crippen LogP contribution in [0.5, 0.6) is 0 Å². The molecule has 1 heterocycles. The lowest BCUT2D eigenvalue weighted by Gasteiger charge is -1.97. The molecule has 0 radical (unpaired) electrons. The number of aromatic nitrogens is 1. The van der Waals surface area contributed by atoms with Crippen molar-refractivity contribution < 1.29 is 0 Å². The minimum atomic E-state index is 1.06. The Morgan fingerprint density at radius 2 is 1.83 bits per heavy atom. The van der Waals surface area contributed by atoms with Crippen LogP contribution in [0, 0.1) is 11.3 Å². The number of rotatable bonds is 1. The van der Waals surface area contributed by atoms with Crippen LogP contribution >= 0.6 is 0 Å². The van der Waals surface area contributed by atoms with Gasteiger partial charge in [-0.25, -0.2) is 0 Å². The summed E-state index contributed by atoms with van der Waals surface area (Å²) < 4.78 is 2.20. The lowest BCUT2D eigenvalue weighted by molar-refractivity contribution is 1.01. The summed E-state index contributed by atoms with van der Waals surface area (Å²) in [5, 5.41) is 11.1. The van der Waals surface area contributed by atoms with Gasteiger partial charge in [0.2, 0.25) is 0 Å². The largest absolute Gasteiger partial charge is 0.344 e. The lowest BCUT2D eigenvalue weighted by atomic mass is 10.1. The quantitative estimate of drug-likeness (QED) is 0.585. The molecule has 86 valence electrons. The summed E-state index contributed by atoms with van der Waals surface area (Å²) in [6.45, 7) is 0. The minimum Gasteiger partial charge on any atom is -0.344 e. The van der Waals surface area contributed by atoms with Crippen LogP contribution in [0.4, 0.5) is 0 Å². The van der Waals surface area contributed by atoms with E-state index in [1.807, 2.05) is 18.2 Å². The Balaban J connectivity index is 2.37. The van der Waals surface area contributed by atoms with Gasteiger partial charge in [-0.1, -0.05) is 24.3 Å². The monoisotopic (exact) mass is 232 g/mol. The number of allylic oxidation sites excluding steroid dienone is 1. The average molecular weight is 232 g/mol. The summed E-state index contributed by atoms with van der Waals surface area (Å²) >= 11 is 0. The highest BCUT2D eigenvalue weighted by Gasteiger charge is 2.06. The standard InChI is InChI=1S/C16H12N2/c1-18-15-7-3-2-6-13(15)14-11-12(5-4-10-17)8-9-16(14)18/h2-9,11H,1H3/b5-4+. The number of para-hydroxylation sites is 1. The maximum atomic E-state index is 8.58. The molecule has 1 aromatic heterocycles. The van der Waals surface area contributed by atoms with Crippen LogP contribution in [0.25, 0.3) is 27.9 Å². The second-order valence-electron chi connectivity index (χ2n) is 4.32. The summed E-state index contributed by atoms with van der Waals surface area (Å²) in [7, 11) is 2.08. The van der Waals surface area contributed by atoms with Gasteiger partial charge in [0.05, 0.1) is 6.07 Å². The fourth-order valence-electron chi connectivity index (χ4n) is 2.42. The fourth-order valence-corrected chi connectivity index (χ4v) is 2.42. The van der Waals surface area contributed by atoms with E-state index in [9.17, 15) is 0 Å². The van der Waals surface area contributed by atoms with Crippen molar-refractivity contribution in [2.24, 2.45) is 7.05 Å². The van der Waals surface area contributed by atoms with Crippen molar-refractivity contribution >= 4 is 27.9 Å². The second kappa shape index (κ2) is 4.05. The number of hydrogen-bond acceptors (Lipinski definition) is 1. The number of aryl methyl sites for hydroxylation is 1. The molecule has 0 aliphatic heterocycles. The van der Waals surface area contributed by atoms with Crippen molar-refractivity contribution in [3.05, 3.63) is 54.1 Å². The zero-order valence-electron chi connectivity index (χ0n) is 10.1. The molecule has 0 aliphatic rings. The number of nitrogens with zero attached hydrogens (tertiary/aromatic N) is 2. The van der Waals surface area contributed by atoms with E-state index in [1.165, 1.54) is 27.9 Å². The molecule has 18 heavy (non-hydrogen) atoms. The van der Waals surface area contributed by atoms with E-state index in [2.05, 4.69) is 48.0 Å². The third-order valence-electron chi connectivity index (χ3n) is 3.29. The molecule has 0 spiro atoms. The third-order valence-corrected chi connectivity index (χ3v) is 3.29. The molecule has 2 heteroatoms. The highest BCUT2D eigenvalue weighted by atomic mass is 14.9. The first-order chi connectivity index (χ1) is 8.81. The average Bonchev–Trinajstić information content (AvgIpc) is 2.71.